The van der Waals surface area contributed by atoms with Crippen LogP contribution in [0.1, 0.15) is 17.2 Å². The summed E-state index contributed by atoms with van der Waals surface area (Å²) in [5.74, 6) is -1.50. The normalized spacial score (nSPS) is 13.5. The van der Waals surface area contributed by atoms with Gasteiger partial charge in [0.05, 0.1) is 6.42 Å². The first-order chi connectivity index (χ1) is 7.29. The Morgan fingerprint density at radius 3 is 2.50 bits per heavy atom. The van der Waals surface area contributed by atoms with Gasteiger partial charge in [-0.3, -0.25) is 0 Å². The van der Waals surface area contributed by atoms with Crippen LogP contribution in [0.2, 0.25) is 0 Å². The molecule has 1 unspecified atom stereocenters. The highest BCUT2D eigenvalue weighted by atomic mass is 19.4. The first kappa shape index (κ1) is 12.5. The summed E-state index contributed by atoms with van der Waals surface area (Å²) >= 11 is 0. The molecule has 1 aromatic rings. The van der Waals surface area contributed by atoms with E-state index in [1.165, 1.54) is 18.2 Å². The van der Waals surface area contributed by atoms with Gasteiger partial charge < -0.3 is 10.2 Å². The van der Waals surface area contributed by atoms with Crippen molar-refractivity contribution >= 4 is 5.97 Å². The van der Waals surface area contributed by atoms with E-state index in [0.29, 0.717) is 0 Å². The molecule has 0 fully saturated rings. The maximum Gasteiger partial charge on any atom is 0.393 e. The minimum Gasteiger partial charge on any atom is -0.479 e. The molecule has 3 nitrogen and oxygen atoms in total. The van der Waals surface area contributed by atoms with Crippen LogP contribution in [-0.2, 0) is 11.2 Å². The van der Waals surface area contributed by atoms with Crippen molar-refractivity contribution in [1.82, 2.24) is 0 Å². The van der Waals surface area contributed by atoms with Crippen LogP contribution in [0.4, 0.5) is 13.2 Å². The summed E-state index contributed by atoms with van der Waals surface area (Å²) in [7, 11) is 0. The number of aliphatic hydroxyl groups excluding tert-OH is 1. The van der Waals surface area contributed by atoms with E-state index in [9.17, 15) is 18.0 Å². The monoisotopic (exact) mass is 234 g/mol. The van der Waals surface area contributed by atoms with Gasteiger partial charge in [-0.1, -0.05) is 24.3 Å². The zero-order valence-corrected chi connectivity index (χ0v) is 8.03. The molecule has 88 valence electrons. The summed E-state index contributed by atoms with van der Waals surface area (Å²) in [6.45, 7) is 0. The predicted molar refractivity (Wildman–Crippen MR) is 48.8 cm³/mol. The van der Waals surface area contributed by atoms with Crippen LogP contribution in [0.15, 0.2) is 24.3 Å². The molecule has 1 atom stereocenters. The Labute approximate surface area is 89.1 Å². The minimum atomic E-state index is -4.35. The second-order valence-electron chi connectivity index (χ2n) is 3.28. The third-order valence-electron chi connectivity index (χ3n) is 1.91. The lowest BCUT2D eigenvalue weighted by atomic mass is 10.0. The van der Waals surface area contributed by atoms with Gasteiger partial charge >= 0.3 is 12.1 Å². The van der Waals surface area contributed by atoms with E-state index in [1.54, 1.807) is 0 Å². The van der Waals surface area contributed by atoms with E-state index in [2.05, 4.69) is 0 Å². The molecular formula is C10H9F3O3. The van der Waals surface area contributed by atoms with Gasteiger partial charge in [0, 0.05) is 0 Å². The number of alkyl halides is 3. The number of rotatable bonds is 3. The molecule has 0 radical (unpaired) electrons. The van der Waals surface area contributed by atoms with Crippen molar-refractivity contribution in [1.29, 1.82) is 0 Å². The highest BCUT2D eigenvalue weighted by Gasteiger charge is 2.28. The molecule has 0 aliphatic heterocycles. The molecule has 0 aliphatic carbocycles. The number of hydrogen-bond donors (Lipinski definition) is 2. The Morgan fingerprint density at radius 2 is 2.00 bits per heavy atom. The molecule has 0 bridgehead atoms. The quantitative estimate of drug-likeness (QED) is 0.839. The molecule has 1 rings (SSSR count). The van der Waals surface area contributed by atoms with Crippen molar-refractivity contribution in [3.05, 3.63) is 35.4 Å². The number of aliphatic carboxylic acids is 1. The van der Waals surface area contributed by atoms with Crippen molar-refractivity contribution < 1.29 is 28.2 Å². The summed E-state index contributed by atoms with van der Waals surface area (Å²) in [6.07, 6.45) is -7.30. The summed E-state index contributed by atoms with van der Waals surface area (Å²) < 4.78 is 36.2. The van der Waals surface area contributed by atoms with E-state index < -0.39 is 24.7 Å². The number of hydrogen-bond acceptors (Lipinski definition) is 2. The highest BCUT2D eigenvalue weighted by Crippen LogP contribution is 2.23. The molecule has 0 amide bonds. The minimum absolute atomic E-state index is 0.0609. The third-order valence-corrected chi connectivity index (χ3v) is 1.91. The molecular weight excluding hydrogens is 225 g/mol. The van der Waals surface area contributed by atoms with Gasteiger partial charge in [-0.05, 0) is 11.1 Å². The molecule has 0 heterocycles. The molecule has 0 saturated carbocycles. The number of carboxylic acids is 1. The molecule has 1 aromatic carbocycles. The van der Waals surface area contributed by atoms with Crippen LogP contribution in [0.25, 0.3) is 0 Å². The first-order valence-corrected chi connectivity index (χ1v) is 4.36. The van der Waals surface area contributed by atoms with Crippen LogP contribution in [0.3, 0.4) is 0 Å². The number of carboxylic acid groups (broad SMARTS) is 1. The molecule has 0 aromatic heterocycles. The molecule has 0 spiro atoms. The summed E-state index contributed by atoms with van der Waals surface area (Å²) in [6, 6.07) is 4.80. The van der Waals surface area contributed by atoms with Crippen molar-refractivity contribution in [2.24, 2.45) is 0 Å². The zero-order chi connectivity index (χ0) is 12.3. The Hall–Kier alpha value is -1.56. The van der Waals surface area contributed by atoms with E-state index in [1.807, 2.05) is 0 Å². The number of benzene rings is 1. The second-order valence-corrected chi connectivity index (χ2v) is 3.28. The topological polar surface area (TPSA) is 57.5 Å². The largest absolute Gasteiger partial charge is 0.479 e. The van der Waals surface area contributed by atoms with Gasteiger partial charge in [0.25, 0.3) is 0 Å². The Balaban J connectivity index is 2.91. The fourth-order valence-electron chi connectivity index (χ4n) is 1.25. The van der Waals surface area contributed by atoms with Crippen molar-refractivity contribution in [2.75, 3.05) is 0 Å². The lowest BCUT2D eigenvalue weighted by Crippen LogP contribution is -2.13. The van der Waals surface area contributed by atoms with Crippen LogP contribution in [-0.4, -0.2) is 22.4 Å². The Bertz CT molecular complexity index is 387. The van der Waals surface area contributed by atoms with E-state index >= 15 is 0 Å². The standard InChI is InChI=1S/C10H9F3O3/c11-10(12,13)5-6-2-1-3-7(4-6)8(14)9(15)16/h1-4,8,14H,5H2,(H,15,16). The van der Waals surface area contributed by atoms with Crippen LogP contribution >= 0.6 is 0 Å². The van der Waals surface area contributed by atoms with E-state index in [-0.39, 0.29) is 11.1 Å². The number of carbonyl (C=O) groups is 1. The van der Waals surface area contributed by atoms with Gasteiger partial charge in [0.1, 0.15) is 0 Å². The van der Waals surface area contributed by atoms with Crippen LogP contribution in [0.5, 0.6) is 0 Å². The van der Waals surface area contributed by atoms with Crippen molar-refractivity contribution in [3.8, 4) is 0 Å². The Morgan fingerprint density at radius 1 is 1.38 bits per heavy atom. The smallest absolute Gasteiger partial charge is 0.393 e. The zero-order valence-electron chi connectivity index (χ0n) is 8.03. The summed E-state index contributed by atoms with van der Waals surface area (Å²) in [5, 5.41) is 17.6. The fraction of sp³-hybridized carbons (Fsp3) is 0.300. The maximum absolute atomic E-state index is 12.1. The molecule has 0 saturated heterocycles. The average Bonchev–Trinajstić information content (AvgIpc) is 2.14. The van der Waals surface area contributed by atoms with Crippen molar-refractivity contribution in [2.45, 2.75) is 18.7 Å². The predicted octanol–water partition coefficient (Wildman–Crippen LogP) is 1.91. The lowest BCUT2D eigenvalue weighted by molar-refractivity contribution is -0.146. The molecule has 16 heavy (non-hydrogen) atoms. The lowest BCUT2D eigenvalue weighted by Gasteiger charge is -2.09. The average molecular weight is 234 g/mol. The maximum atomic E-state index is 12.1. The van der Waals surface area contributed by atoms with Gasteiger partial charge in [-0.25, -0.2) is 4.79 Å². The summed E-state index contributed by atoms with van der Waals surface area (Å²) in [5.41, 5.74) is -0.139. The number of aliphatic hydroxyl groups is 1. The van der Waals surface area contributed by atoms with Gasteiger partial charge in [-0.15, -0.1) is 0 Å². The third kappa shape index (κ3) is 3.54. The van der Waals surface area contributed by atoms with Crippen LogP contribution < -0.4 is 0 Å². The van der Waals surface area contributed by atoms with Gasteiger partial charge in [-0.2, -0.15) is 13.2 Å². The molecule has 6 heteroatoms. The highest BCUT2D eigenvalue weighted by molar-refractivity contribution is 5.74. The second kappa shape index (κ2) is 4.52. The SMILES string of the molecule is O=C(O)C(O)c1cccc(CC(F)(F)F)c1. The van der Waals surface area contributed by atoms with Gasteiger partial charge in [0.2, 0.25) is 0 Å². The van der Waals surface area contributed by atoms with E-state index in [4.69, 9.17) is 10.2 Å². The fourth-order valence-corrected chi connectivity index (χ4v) is 1.25. The summed E-state index contributed by atoms with van der Waals surface area (Å²) in [4.78, 5) is 10.4. The number of halogens is 3. The molecule has 0 aliphatic rings. The molecule has 2 N–H and O–H groups in total. The van der Waals surface area contributed by atoms with Gasteiger partial charge in [0.15, 0.2) is 6.10 Å². The Kier molecular flexibility index (Phi) is 3.54. The van der Waals surface area contributed by atoms with Crippen LogP contribution in [0, 0.1) is 0 Å². The van der Waals surface area contributed by atoms with Crippen molar-refractivity contribution in [3.63, 3.8) is 0 Å². The first-order valence-electron chi connectivity index (χ1n) is 4.36. The van der Waals surface area contributed by atoms with E-state index in [0.717, 1.165) is 6.07 Å².